The number of nitrogens with zero attached hydrogens (tertiary/aromatic N) is 1. The van der Waals surface area contributed by atoms with Gasteiger partial charge in [0, 0.05) is 5.54 Å². The standard InChI is InChI=1S/C8H20N2O3/c1-8(2,9)7(13)10(3)6(4-11)5-12/h6-7,11-13H,4-5,9H2,1-3H3. The van der Waals surface area contributed by atoms with E-state index in [2.05, 4.69) is 0 Å². The summed E-state index contributed by atoms with van der Waals surface area (Å²) in [7, 11) is 1.61. The molecular formula is C8H20N2O3. The Morgan fingerprint density at radius 1 is 1.31 bits per heavy atom. The number of likely N-dealkylation sites (N-methyl/N-ethyl adjacent to an activating group) is 1. The van der Waals surface area contributed by atoms with Crippen LogP contribution in [0.3, 0.4) is 0 Å². The number of hydrogen-bond donors (Lipinski definition) is 4. The largest absolute Gasteiger partial charge is 0.395 e. The van der Waals surface area contributed by atoms with Gasteiger partial charge in [-0.1, -0.05) is 0 Å². The Labute approximate surface area is 78.8 Å². The van der Waals surface area contributed by atoms with Gasteiger partial charge in [0.1, 0.15) is 6.23 Å². The van der Waals surface area contributed by atoms with Gasteiger partial charge >= 0.3 is 0 Å². The van der Waals surface area contributed by atoms with E-state index in [0.717, 1.165) is 0 Å². The summed E-state index contributed by atoms with van der Waals surface area (Å²) in [4.78, 5) is 1.46. The molecule has 5 nitrogen and oxygen atoms in total. The van der Waals surface area contributed by atoms with Crippen molar-refractivity contribution in [2.24, 2.45) is 5.73 Å². The average Bonchev–Trinajstić information content (AvgIpc) is 2.03. The van der Waals surface area contributed by atoms with Crippen molar-refractivity contribution >= 4 is 0 Å². The number of aliphatic hydroxyl groups excluding tert-OH is 3. The highest BCUT2D eigenvalue weighted by Crippen LogP contribution is 2.11. The summed E-state index contributed by atoms with van der Waals surface area (Å²) in [6.45, 7) is 2.94. The zero-order valence-corrected chi connectivity index (χ0v) is 8.44. The first kappa shape index (κ1) is 12.8. The molecule has 0 amide bonds. The molecule has 0 fully saturated rings. The van der Waals surface area contributed by atoms with Gasteiger partial charge in [0.15, 0.2) is 0 Å². The minimum Gasteiger partial charge on any atom is -0.395 e. The maximum Gasteiger partial charge on any atom is 0.125 e. The van der Waals surface area contributed by atoms with Crippen molar-refractivity contribution in [3.05, 3.63) is 0 Å². The fourth-order valence-corrected chi connectivity index (χ4v) is 1.04. The number of nitrogens with two attached hydrogens (primary N) is 1. The summed E-state index contributed by atoms with van der Waals surface area (Å²) in [5.41, 5.74) is 4.89. The van der Waals surface area contributed by atoms with Crippen LogP contribution in [0.15, 0.2) is 0 Å². The smallest absolute Gasteiger partial charge is 0.125 e. The van der Waals surface area contributed by atoms with Crippen LogP contribution in [-0.2, 0) is 0 Å². The predicted octanol–water partition coefficient (Wildman–Crippen LogP) is -1.67. The molecule has 0 radical (unpaired) electrons. The molecule has 80 valence electrons. The molecular weight excluding hydrogens is 172 g/mol. The molecule has 5 heteroatoms. The highest BCUT2D eigenvalue weighted by Gasteiger charge is 2.30. The summed E-state index contributed by atoms with van der Waals surface area (Å²) >= 11 is 0. The lowest BCUT2D eigenvalue weighted by Gasteiger charge is -2.37. The van der Waals surface area contributed by atoms with Gasteiger partial charge in [-0.2, -0.15) is 0 Å². The van der Waals surface area contributed by atoms with E-state index in [4.69, 9.17) is 15.9 Å². The van der Waals surface area contributed by atoms with Gasteiger partial charge in [-0.3, -0.25) is 4.90 Å². The van der Waals surface area contributed by atoms with Crippen LogP contribution in [0, 0.1) is 0 Å². The first-order valence-corrected chi connectivity index (χ1v) is 4.25. The second-order valence-corrected chi connectivity index (χ2v) is 3.88. The van der Waals surface area contributed by atoms with E-state index >= 15 is 0 Å². The third-order valence-corrected chi connectivity index (χ3v) is 2.05. The minimum absolute atomic E-state index is 0.208. The zero-order valence-electron chi connectivity index (χ0n) is 8.44. The molecule has 0 aliphatic carbocycles. The molecule has 13 heavy (non-hydrogen) atoms. The van der Waals surface area contributed by atoms with Gasteiger partial charge in [-0.15, -0.1) is 0 Å². The normalized spacial score (nSPS) is 15.5. The Balaban J connectivity index is 4.31. The van der Waals surface area contributed by atoms with Crippen LogP contribution in [0.25, 0.3) is 0 Å². The first-order chi connectivity index (χ1) is 5.84. The number of aliphatic hydroxyl groups is 3. The van der Waals surface area contributed by atoms with Crippen molar-refractivity contribution in [1.82, 2.24) is 4.90 Å². The van der Waals surface area contributed by atoms with Gasteiger partial charge < -0.3 is 21.1 Å². The molecule has 0 aliphatic heterocycles. The second-order valence-electron chi connectivity index (χ2n) is 3.88. The molecule has 0 saturated carbocycles. The number of rotatable bonds is 5. The van der Waals surface area contributed by atoms with Crippen molar-refractivity contribution in [2.45, 2.75) is 31.7 Å². The summed E-state index contributed by atoms with van der Waals surface area (Å²) in [5, 5.41) is 27.4. The molecule has 1 atom stereocenters. The molecule has 0 rings (SSSR count). The summed E-state index contributed by atoms with van der Waals surface area (Å²) in [5.74, 6) is 0. The highest BCUT2D eigenvalue weighted by atomic mass is 16.3. The fourth-order valence-electron chi connectivity index (χ4n) is 1.04. The van der Waals surface area contributed by atoms with E-state index in [0.29, 0.717) is 0 Å². The Morgan fingerprint density at radius 3 is 1.92 bits per heavy atom. The first-order valence-electron chi connectivity index (χ1n) is 4.25. The van der Waals surface area contributed by atoms with E-state index < -0.39 is 17.8 Å². The van der Waals surface area contributed by atoms with Gasteiger partial charge in [-0.25, -0.2) is 0 Å². The number of hydrogen-bond acceptors (Lipinski definition) is 5. The van der Waals surface area contributed by atoms with Gasteiger partial charge in [0.25, 0.3) is 0 Å². The van der Waals surface area contributed by atoms with Crippen LogP contribution in [0.4, 0.5) is 0 Å². The topological polar surface area (TPSA) is 90.0 Å². The maximum atomic E-state index is 9.67. The Bertz CT molecular complexity index is 143. The third kappa shape index (κ3) is 3.58. The summed E-state index contributed by atoms with van der Waals surface area (Å²) < 4.78 is 0. The minimum atomic E-state index is -0.892. The van der Waals surface area contributed by atoms with E-state index in [1.165, 1.54) is 4.90 Å². The van der Waals surface area contributed by atoms with Crippen molar-refractivity contribution < 1.29 is 15.3 Å². The molecule has 0 aliphatic rings. The Morgan fingerprint density at radius 2 is 1.69 bits per heavy atom. The van der Waals surface area contributed by atoms with Crippen molar-refractivity contribution in [1.29, 1.82) is 0 Å². The van der Waals surface area contributed by atoms with Crippen LogP contribution in [0.1, 0.15) is 13.8 Å². The van der Waals surface area contributed by atoms with Gasteiger partial charge in [-0.05, 0) is 20.9 Å². The summed E-state index contributed by atoms with van der Waals surface area (Å²) in [6, 6.07) is -0.474. The molecule has 0 spiro atoms. The predicted molar refractivity (Wildman–Crippen MR) is 50.0 cm³/mol. The molecule has 0 aromatic carbocycles. The monoisotopic (exact) mass is 192 g/mol. The van der Waals surface area contributed by atoms with E-state index in [1.807, 2.05) is 0 Å². The van der Waals surface area contributed by atoms with Crippen LogP contribution >= 0.6 is 0 Å². The second kappa shape index (κ2) is 4.88. The van der Waals surface area contributed by atoms with Crippen LogP contribution in [-0.4, -0.2) is 58.3 Å². The van der Waals surface area contributed by atoms with E-state index in [9.17, 15) is 5.11 Å². The van der Waals surface area contributed by atoms with Crippen LogP contribution in [0.2, 0.25) is 0 Å². The average molecular weight is 192 g/mol. The third-order valence-electron chi connectivity index (χ3n) is 2.05. The van der Waals surface area contributed by atoms with Gasteiger partial charge in [0.05, 0.1) is 19.3 Å². The van der Waals surface area contributed by atoms with Gasteiger partial charge in [0.2, 0.25) is 0 Å². The molecule has 5 N–H and O–H groups in total. The lowest BCUT2D eigenvalue weighted by atomic mass is 10.0. The molecule has 0 heterocycles. The highest BCUT2D eigenvalue weighted by molar-refractivity contribution is 4.83. The zero-order chi connectivity index (χ0) is 10.6. The SMILES string of the molecule is CN(C(CO)CO)C(O)C(C)(C)N. The van der Waals surface area contributed by atoms with E-state index in [1.54, 1.807) is 20.9 Å². The van der Waals surface area contributed by atoms with Crippen LogP contribution < -0.4 is 5.73 Å². The van der Waals surface area contributed by atoms with E-state index in [-0.39, 0.29) is 13.2 Å². The lowest BCUT2D eigenvalue weighted by Crippen LogP contribution is -2.57. The quantitative estimate of drug-likeness (QED) is 0.391. The lowest BCUT2D eigenvalue weighted by molar-refractivity contribution is -0.0706. The Kier molecular flexibility index (Phi) is 4.80. The maximum absolute atomic E-state index is 9.67. The summed E-state index contributed by atoms with van der Waals surface area (Å²) in [6.07, 6.45) is -0.892. The molecule has 1 unspecified atom stereocenters. The van der Waals surface area contributed by atoms with Crippen molar-refractivity contribution in [2.75, 3.05) is 20.3 Å². The Hall–Kier alpha value is -0.200. The van der Waals surface area contributed by atoms with Crippen molar-refractivity contribution in [3.8, 4) is 0 Å². The molecule has 0 saturated heterocycles. The molecule has 0 bridgehead atoms. The van der Waals surface area contributed by atoms with Crippen LogP contribution in [0.5, 0.6) is 0 Å². The fraction of sp³-hybridized carbons (Fsp3) is 1.00. The molecule has 0 aromatic rings. The molecule has 0 aromatic heterocycles. The van der Waals surface area contributed by atoms with Crippen molar-refractivity contribution in [3.63, 3.8) is 0 Å².